The zero-order chi connectivity index (χ0) is 16.5. The Balaban J connectivity index is 4.11. The molecular formula is C11H23N2O6PS. The van der Waals surface area contributed by atoms with E-state index in [0.717, 1.165) is 0 Å². The molecule has 0 aromatic heterocycles. The first-order chi connectivity index (χ1) is 9.70. The monoisotopic (exact) mass is 342 g/mol. The lowest BCUT2D eigenvalue weighted by Gasteiger charge is -2.29. The summed E-state index contributed by atoms with van der Waals surface area (Å²) in [4.78, 5) is 40.4. The number of aliphatic hydroxyl groups is 1. The number of aliphatic hydroxyl groups excluding tert-OH is 1. The van der Waals surface area contributed by atoms with E-state index >= 15 is 0 Å². The van der Waals surface area contributed by atoms with Crippen LogP contribution in [-0.4, -0.2) is 58.3 Å². The van der Waals surface area contributed by atoms with Crippen molar-refractivity contribution in [3.63, 3.8) is 0 Å². The summed E-state index contributed by atoms with van der Waals surface area (Å²) < 4.78 is 4.63. The predicted molar refractivity (Wildman–Crippen MR) is 81.6 cm³/mol. The first-order valence-electron chi connectivity index (χ1n) is 6.35. The van der Waals surface area contributed by atoms with E-state index in [4.69, 9.17) is 9.79 Å². The largest absolute Gasteiger partial charge is 0.383 e. The number of amides is 2. The van der Waals surface area contributed by atoms with Crippen LogP contribution in [0.2, 0.25) is 0 Å². The molecule has 0 aliphatic rings. The van der Waals surface area contributed by atoms with Gasteiger partial charge in [-0.25, -0.2) is 0 Å². The first kappa shape index (κ1) is 20.6. The number of hydrogen-bond acceptors (Lipinski definition) is 7. The van der Waals surface area contributed by atoms with Gasteiger partial charge in [-0.2, -0.15) is 12.6 Å². The fourth-order valence-corrected chi connectivity index (χ4v) is 1.90. The van der Waals surface area contributed by atoms with E-state index in [1.165, 1.54) is 0 Å². The summed E-state index contributed by atoms with van der Waals surface area (Å²) in [5, 5.41) is 14.9. The average molecular weight is 342 g/mol. The Morgan fingerprint density at radius 3 is 2.43 bits per heavy atom. The van der Waals surface area contributed by atoms with E-state index in [0.29, 0.717) is 12.3 Å². The minimum atomic E-state index is -2.54. The number of nitrogens with one attached hydrogen (secondary N) is 2. The number of carbonyl (C=O) groups excluding carboxylic acids is 2. The molecule has 0 aromatic carbocycles. The Morgan fingerprint density at radius 2 is 1.90 bits per heavy atom. The maximum atomic E-state index is 11.7. The number of carbonyl (C=O) groups is 2. The third-order valence-corrected chi connectivity index (χ3v) is 3.21. The van der Waals surface area contributed by atoms with Crippen LogP contribution in [0.15, 0.2) is 0 Å². The molecule has 0 saturated heterocycles. The van der Waals surface area contributed by atoms with Gasteiger partial charge in [-0.1, -0.05) is 13.8 Å². The maximum absolute atomic E-state index is 11.7. The Bertz CT molecular complexity index is 343. The van der Waals surface area contributed by atoms with Crippen molar-refractivity contribution < 1.29 is 29.0 Å². The summed E-state index contributed by atoms with van der Waals surface area (Å²) in [6.45, 7) is 3.46. The molecule has 0 rings (SSSR count). The summed E-state index contributed by atoms with van der Waals surface area (Å²) >= 11 is 3.95. The van der Waals surface area contributed by atoms with Crippen molar-refractivity contribution in [2.75, 3.05) is 25.4 Å². The van der Waals surface area contributed by atoms with Gasteiger partial charge in [0.2, 0.25) is 11.8 Å². The average Bonchev–Trinajstić information content (AvgIpc) is 2.42. The smallest absolute Gasteiger partial charge is 0.327 e. The standard InChI is InChI=1S/C11H23N2O6PS/c1-11(2,7-19-20(17)18)9(15)10(16)13-4-3-8(14)12-5-6-21/h9,15,17-18,21H,3-7H2,1-2H3,(H,12,14)(H,13,16). The topological polar surface area (TPSA) is 128 Å². The van der Waals surface area contributed by atoms with Crippen LogP contribution in [0.1, 0.15) is 20.3 Å². The van der Waals surface area contributed by atoms with Gasteiger partial charge in [-0.3, -0.25) is 9.59 Å². The Labute approximate surface area is 130 Å². The highest BCUT2D eigenvalue weighted by molar-refractivity contribution is 7.80. The van der Waals surface area contributed by atoms with E-state index in [9.17, 15) is 14.7 Å². The van der Waals surface area contributed by atoms with Crippen LogP contribution in [0.4, 0.5) is 0 Å². The molecule has 10 heteroatoms. The molecule has 0 aliphatic carbocycles. The van der Waals surface area contributed by atoms with Gasteiger partial charge >= 0.3 is 8.60 Å². The second-order valence-corrected chi connectivity index (χ2v) is 6.24. The van der Waals surface area contributed by atoms with Gasteiger partial charge in [-0.05, 0) is 0 Å². The molecular weight excluding hydrogens is 319 g/mol. The zero-order valence-corrected chi connectivity index (χ0v) is 13.9. The molecule has 21 heavy (non-hydrogen) atoms. The highest BCUT2D eigenvalue weighted by Crippen LogP contribution is 2.30. The normalized spacial score (nSPS) is 13.1. The highest BCUT2D eigenvalue weighted by Gasteiger charge is 2.34. The molecule has 0 fully saturated rings. The molecule has 8 nitrogen and oxygen atoms in total. The van der Waals surface area contributed by atoms with Crippen molar-refractivity contribution in [1.29, 1.82) is 0 Å². The molecule has 0 aromatic rings. The van der Waals surface area contributed by atoms with Crippen molar-refractivity contribution in [1.82, 2.24) is 10.6 Å². The van der Waals surface area contributed by atoms with Crippen LogP contribution in [0.5, 0.6) is 0 Å². The van der Waals surface area contributed by atoms with Crippen LogP contribution in [0.3, 0.4) is 0 Å². The maximum Gasteiger partial charge on any atom is 0.327 e. The summed E-state index contributed by atoms with van der Waals surface area (Å²) in [5.41, 5.74) is -0.996. The SMILES string of the molecule is CC(C)(COP(O)O)C(O)C(=O)NCCC(=O)NCCS. The second kappa shape index (κ2) is 10.3. The van der Waals surface area contributed by atoms with Crippen LogP contribution in [0.25, 0.3) is 0 Å². The van der Waals surface area contributed by atoms with Gasteiger partial charge in [0.05, 0.1) is 6.61 Å². The van der Waals surface area contributed by atoms with E-state index in [1.54, 1.807) is 13.8 Å². The lowest BCUT2D eigenvalue weighted by atomic mass is 9.87. The molecule has 1 atom stereocenters. The lowest BCUT2D eigenvalue weighted by Crippen LogP contribution is -2.46. The van der Waals surface area contributed by atoms with Gasteiger partial charge in [0.15, 0.2) is 0 Å². The van der Waals surface area contributed by atoms with Gasteiger partial charge < -0.3 is 30.1 Å². The fraction of sp³-hybridized carbons (Fsp3) is 0.818. The van der Waals surface area contributed by atoms with Gasteiger partial charge in [-0.15, -0.1) is 0 Å². The molecule has 0 heterocycles. The minimum absolute atomic E-state index is 0.0952. The van der Waals surface area contributed by atoms with Crippen LogP contribution < -0.4 is 10.6 Å². The molecule has 0 aliphatic heterocycles. The lowest BCUT2D eigenvalue weighted by molar-refractivity contribution is -0.136. The molecule has 1 unspecified atom stereocenters. The van der Waals surface area contributed by atoms with E-state index in [2.05, 4.69) is 27.8 Å². The van der Waals surface area contributed by atoms with Gasteiger partial charge in [0.25, 0.3) is 0 Å². The van der Waals surface area contributed by atoms with Crippen molar-refractivity contribution in [2.45, 2.75) is 26.4 Å². The first-order valence-corrected chi connectivity index (χ1v) is 8.14. The molecule has 2 amide bonds. The Morgan fingerprint density at radius 1 is 1.29 bits per heavy atom. The summed E-state index contributed by atoms with van der Waals surface area (Å²) in [6, 6.07) is 0. The molecule has 0 saturated carbocycles. The third-order valence-electron chi connectivity index (χ3n) is 2.63. The van der Waals surface area contributed by atoms with Crippen molar-refractivity contribution in [3.8, 4) is 0 Å². The number of rotatable bonds is 10. The van der Waals surface area contributed by atoms with E-state index in [1.807, 2.05) is 0 Å². The summed E-state index contributed by atoms with van der Waals surface area (Å²) in [5.74, 6) is -0.332. The van der Waals surface area contributed by atoms with Gasteiger partial charge in [0.1, 0.15) is 6.10 Å². The fourth-order valence-electron chi connectivity index (χ4n) is 1.34. The summed E-state index contributed by atoms with van der Waals surface area (Å²) in [7, 11) is -2.54. The van der Waals surface area contributed by atoms with Crippen LogP contribution in [-0.2, 0) is 14.1 Å². The van der Waals surface area contributed by atoms with Crippen molar-refractivity contribution in [2.24, 2.45) is 5.41 Å². The quantitative estimate of drug-likeness (QED) is 0.227. The van der Waals surface area contributed by atoms with Crippen LogP contribution >= 0.6 is 21.2 Å². The minimum Gasteiger partial charge on any atom is -0.383 e. The molecule has 0 bridgehead atoms. The molecule has 0 spiro atoms. The van der Waals surface area contributed by atoms with E-state index in [-0.39, 0.29) is 25.5 Å². The molecule has 0 radical (unpaired) electrons. The van der Waals surface area contributed by atoms with Gasteiger partial charge in [0, 0.05) is 30.7 Å². The molecule has 5 N–H and O–H groups in total. The van der Waals surface area contributed by atoms with Crippen molar-refractivity contribution >= 4 is 33.0 Å². The number of thiol groups is 1. The Kier molecular flexibility index (Phi) is 10.1. The second-order valence-electron chi connectivity index (χ2n) is 5.03. The van der Waals surface area contributed by atoms with Crippen LogP contribution in [0, 0.1) is 5.41 Å². The molecule has 124 valence electrons. The van der Waals surface area contributed by atoms with E-state index < -0.39 is 26.0 Å². The zero-order valence-electron chi connectivity index (χ0n) is 12.1. The number of hydrogen-bond donors (Lipinski definition) is 6. The summed E-state index contributed by atoms with van der Waals surface area (Å²) in [6.07, 6.45) is -1.30. The van der Waals surface area contributed by atoms with Crippen molar-refractivity contribution in [3.05, 3.63) is 0 Å². The predicted octanol–water partition coefficient (Wildman–Crippen LogP) is -0.846. The highest BCUT2D eigenvalue weighted by atomic mass is 32.1. The Hall–Kier alpha value is -0.440. The third kappa shape index (κ3) is 9.23.